The molecule has 0 aliphatic heterocycles. The largest absolute Gasteiger partial charge is 0.457 e. The summed E-state index contributed by atoms with van der Waals surface area (Å²) in [5.74, 6) is 1.76. The number of aryl methyl sites for hydroxylation is 1. The van der Waals surface area contributed by atoms with Crippen LogP contribution in [0.15, 0.2) is 85.1 Å². The van der Waals surface area contributed by atoms with Gasteiger partial charge in [-0.25, -0.2) is 24.3 Å². The topological polar surface area (TPSA) is 140 Å². The van der Waals surface area contributed by atoms with Crippen molar-refractivity contribution in [3.8, 4) is 17.2 Å². The third-order valence-corrected chi connectivity index (χ3v) is 7.21. The van der Waals surface area contributed by atoms with E-state index in [2.05, 4.69) is 41.8 Å². The van der Waals surface area contributed by atoms with Crippen LogP contribution in [-0.2, 0) is 14.9 Å². The number of nitrogens with one attached hydrogen (secondary N) is 3. The molecule has 3 N–H and O–H groups in total. The Kier molecular flexibility index (Phi) is 9.88. The Morgan fingerprint density at radius 1 is 0.898 bits per heavy atom. The van der Waals surface area contributed by atoms with Crippen LogP contribution in [0.1, 0.15) is 52.8 Å². The van der Waals surface area contributed by atoms with Gasteiger partial charge in [0.25, 0.3) is 0 Å². The second kappa shape index (κ2) is 14.1. The zero-order chi connectivity index (χ0) is 35.3. The van der Waals surface area contributed by atoms with E-state index in [1.807, 2.05) is 61.5 Å². The molecule has 0 aliphatic carbocycles. The normalized spacial score (nSPS) is 11.5. The molecule has 12 heteroatoms. The maximum Gasteiger partial charge on any atom is 0.429 e. The minimum absolute atomic E-state index is 0.229. The molecule has 0 fully saturated rings. The number of nitrogens with zero attached hydrogens (tertiary/aromatic N) is 4. The fourth-order valence-corrected chi connectivity index (χ4v) is 4.82. The molecule has 254 valence electrons. The summed E-state index contributed by atoms with van der Waals surface area (Å²) in [7, 11) is 0. The second-order valence-electron chi connectivity index (χ2n) is 13.5. The number of fused-ring (bicyclic) bond motifs is 1. The summed E-state index contributed by atoms with van der Waals surface area (Å²) in [6.07, 6.45) is 1.38. The van der Waals surface area contributed by atoms with Crippen LogP contribution in [0, 0.1) is 6.92 Å². The van der Waals surface area contributed by atoms with Crippen molar-refractivity contribution in [2.75, 3.05) is 22.6 Å². The van der Waals surface area contributed by atoms with Crippen LogP contribution >= 0.6 is 0 Å². The molecule has 0 spiro atoms. The third kappa shape index (κ3) is 8.72. The van der Waals surface area contributed by atoms with Gasteiger partial charge in [0, 0.05) is 34.5 Å². The number of benzene rings is 3. The zero-order valence-corrected chi connectivity index (χ0v) is 28.7. The molecule has 0 bridgehead atoms. The number of aromatic nitrogens is 3. The maximum absolute atomic E-state index is 13.4. The number of hydrogen-bond acceptors (Lipinski definition) is 8. The quantitative estimate of drug-likeness (QED) is 0.106. The molecule has 0 saturated carbocycles. The highest BCUT2D eigenvalue weighted by atomic mass is 16.6. The van der Waals surface area contributed by atoms with Crippen molar-refractivity contribution in [3.05, 3.63) is 96.3 Å². The number of carbonyl (C=O) groups excluding carboxylic acids is 3. The van der Waals surface area contributed by atoms with E-state index in [1.165, 1.54) is 6.20 Å². The molecule has 0 atom stereocenters. The van der Waals surface area contributed by atoms with Gasteiger partial charge in [-0.15, -0.1) is 0 Å². The maximum atomic E-state index is 13.4. The number of aldehydes is 1. The Bertz CT molecular complexity index is 1970. The Morgan fingerprint density at radius 2 is 1.61 bits per heavy atom. The van der Waals surface area contributed by atoms with E-state index in [9.17, 15) is 14.4 Å². The molecule has 5 aromatic rings. The van der Waals surface area contributed by atoms with Gasteiger partial charge >= 0.3 is 12.1 Å². The van der Waals surface area contributed by atoms with Gasteiger partial charge in [0.1, 0.15) is 41.6 Å². The number of pyridine rings is 1. The average molecular weight is 664 g/mol. The number of anilines is 3. The summed E-state index contributed by atoms with van der Waals surface area (Å²) in [5.41, 5.74) is 5.22. The summed E-state index contributed by atoms with van der Waals surface area (Å²) in [4.78, 5) is 41.5. The molecule has 12 nitrogen and oxygen atoms in total. The van der Waals surface area contributed by atoms with Crippen LogP contribution in [-0.4, -0.2) is 50.3 Å². The number of urea groups is 1. The van der Waals surface area contributed by atoms with Gasteiger partial charge in [-0.2, -0.15) is 5.10 Å². The molecule has 0 radical (unpaired) electrons. The van der Waals surface area contributed by atoms with E-state index in [-0.39, 0.29) is 17.8 Å². The van der Waals surface area contributed by atoms with E-state index < -0.39 is 17.7 Å². The minimum atomic E-state index is -0.749. The molecular weight excluding hydrogens is 622 g/mol. The Labute approximate surface area is 285 Å². The van der Waals surface area contributed by atoms with Crippen LogP contribution in [0.4, 0.5) is 26.9 Å². The summed E-state index contributed by atoms with van der Waals surface area (Å²) in [6, 6.07) is 23.7. The minimum Gasteiger partial charge on any atom is -0.457 e. The number of ether oxygens (including phenoxy) is 2. The summed E-state index contributed by atoms with van der Waals surface area (Å²) < 4.78 is 13.4. The smallest absolute Gasteiger partial charge is 0.429 e. The second-order valence-corrected chi connectivity index (χ2v) is 13.5. The lowest BCUT2D eigenvalue weighted by atomic mass is 9.92. The van der Waals surface area contributed by atoms with E-state index in [0.29, 0.717) is 29.3 Å². The predicted octanol–water partition coefficient (Wildman–Crippen LogP) is 8.23. The van der Waals surface area contributed by atoms with Crippen molar-refractivity contribution < 1.29 is 23.9 Å². The standard InChI is InChI=1S/C37H41N7O5/c1-24-12-14-25(15-13-24)44-33(23-31(41-44)36(2,3)4)40-34(46)39-29-16-17-30(28-11-9-8-10-27(28)29)48-26-18-19-38-32(22-26)42-43(20-21-45)35(47)49-37(5,6)7/h8-19,21-23H,20H2,1-7H3,(H,38,42)(H2,39,40,46). The SMILES string of the molecule is Cc1ccc(-n2nc(C(C)(C)C)cc2NC(=O)Nc2ccc(Oc3ccnc(NN(CC=O)C(=O)OC(C)(C)C)c3)c3ccccc23)cc1. The summed E-state index contributed by atoms with van der Waals surface area (Å²) in [5, 5.41) is 13.3. The highest BCUT2D eigenvalue weighted by Gasteiger charge is 2.24. The zero-order valence-electron chi connectivity index (χ0n) is 28.7. The van der Waals surface area contributed by atoms with Crippen LogP contribution in [0.2, 0.25) is 0 Å². The summed E-state index contributed by atoms with van der Waals surface area (Å²) >= 11 is 0. The first-order valence-electron chi connectivity index (χ1n) is 15.8. The molecule has 5 rings (SSSR count). The fraction of sp³-hybridized carbons (Fsp3) is 0.270. The van der Waals surface area contributed by atoms with Crippen molar-refractivity contribution in [2.24, 2.45) is 0 Å². The highest BCUT2D eigenvalue weighted by molar-refractivity contribution is 6.07. The van der Waals surface area contributed by atoms with Crippen LogP contribution in [0.3, 0.4) is 0 Å². The Morgan fingerprint density at radius 3 is 2.29 bits per heavy atom. The molecule has 49 heavy (non-hydrogen) atoms. The lowest BCUT2D eigenvalue weighted by Crippen LogP contribution is -2.41. The molecule has 0 saturated heterocycles. The molecule has 0 unspecified atom stereocenters. The van der Waals surface area contributed by atoms with Crippen molar-refractivity contribution in [1.29, 1.82) is 0 Å². The van der Waals surface area contributed by atoms with Crippen LogP contribution < -0.4 is 20.8 Å². The molecule has 2 aromatic heterocycles. The van der Waals surface area contributed by atoms with E-state index >= 15 is 0 Å². The van der Waals surface area contributed by atoms with Crippen molar-refractivity contribution in [3.63, 3.8) is 0 Å². The Hall–Kier alpha value is -5.91. The van der Waals surface area contributed by atoms with Crippen molar-refractivity contribution >= 4 is 46.5 Å². The first kappa shape index (κ1) is 34.4. The van der Waals surface area contributed by atoms with E-state index in [4.69, 9.17) is 14.6 Å². The van der Waals surface area contributed by atoms with E-state index in [0.717, 1.165) is 32.7 Å². The molecule has 2 heterocycles. The van der Waals surface area contributed by atoms with Gasteiger partial charge in [0.2, 0.25) is 0 Å². The Balaban J connectivity index is 1.36. The fourth-order valence-electron chi connectivity index (χ4n) is 4.82. The van der Waals surface area contributed by atoms with Crippen LogP contribution in [0.5, 0.6) is 11.5 Å². The number of carbonyl (C=O) groups is 3. The number of rotatable bonds is 9. The first-order valence-corrected chi connectivity index (χ1v) is 15.8. The number of hydrogen-bond donors (Lipinski definition) is 3. The van der Waals surface area contributed by atoms with Crippen LogP contribution in [0.25, 0.3) is 16.5 Å². The average Bonchev–Trinajstić information content (AvgIpc) is 3.46. The van der Waals surface area contributed by atoms with Gasteiger partial charge in [0.15, 0.2) is 0 Å². The monoisotopic (exact) mass is 663 g/mol. The lowest BCUT2D eigenvalue weighted by Gasteiger charge is -2.26. The summed E-state index contributed by atoms with van der Waals surface area (Å²) in [6.45, 7) is 13.2. The van der Waals surface area contributed by atoms with Gasteiger partial charge in [-0.3, -0.25) is 10.7 Å². The molecular formula is C37H41N7O5. The molecule has 0 aliphatic rings. The van der Waals surface area contributed by atoms with Gasteiger partial charge in [-0.05, 0) is 58.0 Å². The van der Waals surface area contributed by atoms with Gasteiger partial charge in [0.05, 0.1) is 17.1 Å². The lowest BCUT2D eigenvalue weighted by molar-refractivity contribution is -0.108. The van der Waals surface area contributed by atoms with Gasteiger partial charge < -0.3 is 19.6 Å². The number of amides is 3. The van der Waals surface area contributed by atoms with E-state index in [1.54, 1.807) is 49.7 Å². The third-order valence-electron chi connectivity index (χ3n) is 7.21. The van der Waals surface area contributed by atoms with Crippen molar-refractivity contribution in [2.45, 2.75) is 59.5 Å². The highest BCUT2D eigenvalue weighted by Crippen LogP contribution is 2.35. The van der Waals surface area contributed by atoms with Gasteiger partial charge in [-0.1, -0.05) is 62.7 Å². The predicted molar refractivity (Wildman–Crippen MR) is 191 cm³/mol. The number of hydrazine groups is 1. The van der Waals surface area contributed by atoms with Crippen molar-refractivity contribution in [1.82, 2.24) is 19.8 Å². The molecule has 3 amide bonds. The molecule has 3 aromatic carbocycles. The first-order chi connectivity index (χ1) is 23.2.